The van der Waals surface area contributed by atoms with Crippen LogP contribution < -0.4 is 16.2 Å². The third-order valence-corrected chi connectivity index (χ3v) is 2.35. The van der Waals surface area contributed by atoms with Crippen molar-refractivity contribution in [2.45, 2.75) is 39.8 Å². The van der Waals surface area contributed by atoms with E-state index in [9.17, 15) is 9.59 Å². The Balaban J connectivity index is 2.78. The molecule has 0 saturated heterocycles. The largest absolute Gasteiger partial charge is 0.444 e. The zero-order chi connectivity index (χ0) is 14.6. The Labute approximate surface area is 112 Å². The first kappa shape index (κ1) is 15.1. The van der Waals surface area contributed by atoms with Gasteiger partial charge in [0.15, 0.2) is 0 Å². The monoisotopic (exact) mass is 267 g/mol. The van der Waals surface area contributed by atoms with Gasteiger partial charge in [-0.05, 0) is 33.8 Å². The molecule has 3 N–H and O–H groups in total. The van der Waals surface area contributed by atoms with Crippen LogP contribution in [0.5, 0.6) is 0 Å². The molecule has 1 aromatic rings. The van der Waals surface area contributed by atoms with Crippen molar-refractivity contribution in [2.75, 3.05) is 12.4 Å². The lowest BCUT2D eigenvalue weighted by Gasteiger charge is -2.20. The standard InChI is InChI=1S/C13H21N3O3/c1-8-6-10(14-5)9(11(17)16-8)7-15-12(18)19-13(2,3)4/h6H,7H2,1-5H3,(H,15,18)(H2,14,16,17). The van der Waals surface area contributed by atoms with Crippen LogP contribution in [0.4, 0.5) is 10.5 Å². The van der Waals surface area contributed by atoms with Crippen LogP contribution in [0.3, 0.4) is 0 Å². The first-order chi connectivity index (χ1) is 8.73. The molecule has 0 bridgehead atoms. The Hall–Kier alpha value is -1.98. The Kier molecular flexibility index (Phi) is 4.58. The van der Waals surface area contributed by atoms with Gasteiger partial charge in [0.05, 0.1) is 12.1 Å². The number of carbonyl (C=O) groups excluding carboxylic acids is 1. The summed E-state index contributed by atoms with van der Waals surface area (Å²) in [7, 11) is 1.73. The molecule has 6 nitrogen and oxygen atoms in total. The number of aromatic amines is 1. The maximum Gasteiger partial charge on any atom is 0.407 e. The number of alkyl carbamates (subject to hydrolysis) is 1. The number of rotatable bonds is 3. The zero-order valence-corrected chi connectivity index (χ0v) is 12.0. The van der Waals surface area contributed by atoms with Gasteiger partial charge in [-0.1, -0.05) is 0 Å². The quantitative estimate of drug-likeness (QED) is 0.779. The molecule has 0 unspecified atom stereocenters. The predicted octanol–water partition coefficient (Wildman–Crippen LogP) is 1.75. The van der Waals surface area contributed by atoms with Crippen molar-refractivity contribution in [3.8, 4) is 0 Å². The molecule has 6 heteroatoms. The summed E-state index contributed by atoms with van der Waals surface area (Å²) in [5.41, 5.74) is 1.14. The van der Waals surface area contributed by atoms with Crippen molar-refractivity contribution < 1.29 is 9.53 Å². The minimum Gasteiger partial charge on any atom is -0.444 e. The molecular weight excluding hydrogens is 246 g/mol. The summed E-state index contributed by atoms with van der Waals surface area (Å²) >= 11 is 0. The maximum absolute atomic E-state index is 11.8. The number of hydrogen-bond donors (Lipinski definition) is 3. The molecule has 0 saturated carbocycles. The molecule has 1 rings (SSSR count). The van der Waals surface area contributed by atoms with Crippen LogP contribution in [-0.2, 0) is 11.3 Å². The van der Waals surface area contributed by atoms with E-state index in [2.05, 4.69) is 15.6 Å². The van der Waals surface area contributed by atoms with Crippen LogP contribution in [0.2, 0.25) is 0 Å². The second-order valence-corrected chi connectivity index (χ2v) is 5.28. The molecule has 19 heavy (non-hydrogen) atoms. The van der Waals surface area contributed by atoms with E-state index in [0.717, 1.165) is 5.69 Å². The van der Waals surface area contributed by atoms with E-state index in [1.807, 2.05) is 6.07 Å². The molecule has 0 fully saturated rings. The topological polar surface area (TPSA) is 83.2 Å². The van der Waals surface area contributed by atoms with Crippen LogP contribution in [0.25, 0.3) is 0 Å². The third-order valence-electron chi connectivity index (χ3n) is 2.35. The summed E-state index contributed by atoms with van der Waals surface area (Å²) in [5, 5.41) is 5.51. The molecule has 1 heterocycles. The van der Waals surface area contributed by atoms with Gasteiger partial charge in [0.1, 0.15) is 5.60 Å². The first-order valence-electron chi connectivity index (χ1n) is 6.10. The maximum atomic E-state index is 11.8. The number of aromatic nitrogens is 1. The molecule has 106 valence electrons. The predicted molar refractivity (Wildman–Crippen MR) is 74.4 cm³/mol. The summed E-state index contributed by atoms with van der Waals surface area (Å²) in [6.07, 6.45) is -0.547. The molecule has 0 aliphatic rings. The fourth-order valence-electron chi connectivity index (χ4n) is 1.59. The number of pyridine rings is 1. The molecule has 0 atom stereocenters. The van der Waals surface area contributed by atoms with Gasteiger partial charge >= 0.3 is 6.09 Å². The fraction of sp³-hybridized carbons (Fsp3) is 0.538. The number of anilines is 1. The molecule has 0 aromatic carbocycles. The van der Waals surface area contributed by atoms with Crippen molar-refractivity contribution in [2.24, 2.45) is 0 Å². The van der Waals surface area contributed by atoms with Gasteiger partial charge in [0.25, 0.3) is 5.56 Å². The number of hydrogen-bond acceptors (Lipinski definition) is 4. The van der Waals surface area contributed by atoms with E-state index >= 15 is 0 Å². The van der Waals surface area contributed by atoms with Crippen molar-refractivity contribution in [3.63, 3.8) is 0 Å². The number of nitrogens with one attached hydrogen (secondary N) is 3. The first-order valence-corrected chi connectivity index (χ1v) is 6.10. The van der Waals surface area contributed by atoms with E-state index in [-0.39, 0.29) is 12.1 Å². The summed E-state index contributed by atoms with van der Waals surface area (Å²) < 4.78 is 5.11. The number of ether oxygens (including phenoxy) is 1. The molecular formula is C13H21N3O3. The Morgan fingerprint density at radius 3 is 2.58 bits per heavy atom. The average molecular weight is 267 g/mol. The Bertz CT molecular complexity index is 515. The van der Waals surface area contributed by atoms with Gasteiger partial charge in [0.2, 0.25) is 0 Å². The number of H-pyrrole nitrogens is 1. The summed E-state index contributed by atoms with van der Waals surface area (Å²) in [6, 6.07) is 1.81. The normalized spacial score (nSPS) is 11.0. The van der Waals surface area contributed by atoms with Crippen LogP contribution in [0.1, 0.15) is 32.0 Å². The van der Waals surface area contributed by atoms with Crippen molar-refractivity contribution >= 4 is 11.8 Å². The molecule has 1 aromatic heterocycles. The highest BCUT2D eigenvalue weighted by Crippen LogP contribution is 2.11. The van der Waals surface area contributed by atoms with Crippen LogP contribution in [0.15, 0.2) is 10.9 Å². The molecule has 0 radical (unpaired) electrons. The van der Waals surface area contributed by atoms with Gasteiger partial charge in [0, 0.05) is 18.4 Å². The van der Waals surface area contributed by atoms with Gasteiger partial charge in [-0.3, -0.25) is 4.79 Å². The third kappa shape index (κ3) is 4.65. The van der Waals surface area contributed by atoms with Crippen LogP contribution in [-0.4, -0.2) is 23.7 Å². The highest BCUT2D eigenvalue weighted by atomic mass is 16.6. The molecule has 0 spiro atoms. The van der Waals surface area contributed by atoms with Crippen molar-refractivity contribution in [1.29, 1.82) is 0 Å². The fourth-order valence-corrected chi connectivity index (χ4v) is 1.59. The van der Waals surface area contributed by atoms with E-state index < -0.39 is 11.7 Å². The van der Waals surface area contributed by atoms with Gasteiger partial charge < -0.3 is 20.4 Å². The smallest absolute Gasteiger partial charge is 0.407 e. The second-order valence-electron chi connectivity index (χ2n) is 5.28. The lowest BCUT2D eigenvalue weighted by Crippen LogP contribution is -2.33. The Morgan fingerprint density at radius 2 is 2.05 bits per heavy atom. The van der Waals surface area contributed by atoms with Gasteiger partial charge in [-0.15, -0.1) is 0 Å². The summed E-state index contributed by atoms with van der Waals surface area (Å²) in [6.45, 7) is 7.26. The van der Waals surface area contributed by atoms with E-state index in [4.69, 9.17) is 4.74 Å². The average Bonchev–Trinajstić information content (AvgIpc) is 2.24. The van der Waals surface area contributed by atoms with E-state index in [1.165, 1.54) is 0 Å². The summed E-state index contributed by atoms with van der Waals surface area (Å²) in [4.78, 5) is 26.1. The summed E-state index contributed by atoms with van der Waals surface area (Å²) in [5.74, 6) is 0. The highest BCUT2D eigenvalue weighted by Gasteiger charge is 2.16. The van der Waals surface area contributed by atoms with E-state index in [0.29, 0.717) is 11.3 Å². The van der Waals surface area contributed by atoms with Gasteiger partial charge in [-0.25, -0.2) is 4.79 Å². The zero-order valence-electron chi connectivity index (χ0n) is 12.0. The molecule has 1 amide bonds. The van der Waals surface area contributed by atoms with Crippen LogP contribution >= 0.6 is 0 Å². The highest BCUT2D eigenvalue weighted by molar-refractivity contribution is 5.68. The minimum atomic E-state index is -0.560. The lowest BCUT2D eigenvalue weighted by molar-refractivity contribution is 0.0523. The second kappa shape index (κ2) is 5.77. The minimum absolute atomic E-state index is 0.112. The van der Waals surface area contributed by atoms with Crippen LogP contribution in [0, 0.1) is 6.92 Å². The molecule has 0 aliphatic carbocycles. The molecule has 0 aliphatic heterocycles. The van der Waals surface area contributed by atoms with Crippen molar-refractivity contribution in [1.82, 2.24) is 10.3 Å². The Morgan fingerprint density at radius 1 is 1.42 bits per heavy atom. The van der Waals surface area contributed by atoms with E-state index in [1.54, 1.807) is 34.7 Å². The van der Waals surface area contributed by atoms with Crippen molar-refractivity contribution in [3.05, 3.63) is 27.7 Å². The number of carbonyl (C=O) groups is 1. The number of aryl methyl sites for hydroxylation is 1. The SMILES string of the molecule is CNc1cc(C)[nH]c(=O)c1CNC(=O)OC(C)(C)C. The lowest BCUT2D eigenvalue weighted by atomic mass is 10.2. The van der Waals surface area contributed by atoms with Gasteiger partial charge in [-0.2, -0.15) is 0 Å². The number of amides is 1.